The molecular weight excluding hydrogens is 347 g/mol. The first kappa shape index (κ1) is 17.0. The van der Waals surface area contributed by atoms with Crippen molar-refractivity contribution >= 4 is 16.9 Å². The fourth-order valence-electron chi connectivity index (χ4n) is 3.05. The Morgan fingerprint density at radius 1 is 1.26 bits per heavy atom. The number of nitrogens with zero attached hydrogens (tertiary/aromatic N) is 3. The molecule has 0 bridgehead atoms. The van der Waals surface area contributed by atoms with Gasteiger partial charge in [-0.1, -0.05) is 12.1 Å². The molecule has 1 N–H and O–H groups in total. The number of hydrogen-bond acceptors (Lipinski definition) is 4. The normalized spacial score (nSPS) is 11.1. The van der Waals surface area contributed by atoms with E-state index in [1.54, 1.807) is 48.3 Å². The molecule has 136 valence electrons. The van der Waals surface area contributed by atoms with Crippen molar-refractivity contribution in [2.75, 3.05) is 0 Å². The van der Waals surface area contributed by atoms with Gasteiger partial charge in [-0.15, -0.1) is 0 Å². The molecule has 4 rings (SSSR count). The number of rotatable bonds is 4. The Morgan fingerprint density at radius 2 is 2.04 bits per heavy atom. The molecule has 27 heavy (non-hydrogen) atoms. The lowest BCUT2D eigenvalue weighted by Crippen LogP contribution is -2.23. The van der Waals surface area contributed by atoms with Gasteiger partial charge in [0.25, 0.3) is 5.91 Å². The van der Waals surface area contributed by atoms with Crippen molar-refractivity contribution in [1.29, 1.82) is 0 Å². The Bertz CT molecular complexity index is 1120. The largest absolute Gasteiger partial charge is 0.463 e. The second-order valence-electron chi connectivity index (χ2n) is 6.25. The Labute approximate surface area is 154 Å². The SMILES string of the molecule is Cc1nn(C)c2nc(-c3ccco3)cc(C(=O)NCc3ccc(F)cc3)c12. The van der Waals surface area contributed by atoms with E-state index < -0.39 is 0 Å². The van der Waals surface area contributed by atoms with Crippen LogP contribution >= 0.6 is 0 Å². The van der Waals surface area contributed by atoms with E-state index in [1.807, 2.05) is 6.92 Å². The first-order valence-corrected chi connectivity index (χ1v) is 8.44. The first-order valence-electron chi connectivity index (χ1n) is 8.44. The van der Waals surface area contributed by atoms with Crippen LogP contribution in [0.25, 0.3) is 22.5 Å². The van der Waals surface area contributed by atoms with Crippen molar-refractivity contribution in [1.82, 2.24) is 20.1 Å². The lowest BCUT2D eigenvalue weighted by Gasteiger charge is -2.09. The van der Waals surface area contributed by atoms with Crippen molar-refractivity contribution in [3.8, 4) is 11.5 Å². The smallest absolute Gasteiger partial charge is 0.252 e. The minimum Gasteiger partial charge on any atom is -0.463 e. The number of nitrogens with one attached hydrogen (secondary N) is 1. The number of fused-ring (bicyclic) bond motifs is 1. The highest BCUT2D eigenvalue weighted by Crippen LogP contribution is 2.27. The summed E-state index contributed by atoms with van der Waals surface area (Å²) in [7, 11) is 1.79. The predicted molar refractivity (Wildman–Crippen MR) is 98.5 cm³/mol. The summed E-state index contributed by atoms with van der Waals surface area (Å²) in [4.78, 5) is 17.5. The van der Waals surface area contributed by atoms with Gasteiger partial charge in [-0.2, -0.15) is 5.10 Å². The highest BCUT2D eigenvalue weighted by molar-refractivity contribution is 6.07. The van der Waals surface area contributed by atoms with Crippen LogP contribution in [0.2, 0.25) is 0 Å². The zero-order valence-electron chi connectivity index (χ0n) is 14.9. The fraction of sp³-hybridized carbons (Fsp3) is 0.150. The second-order valence-corrected chi connectivity index (χ2v) is 6.25. The number of pyridine rings is 1. The summed E-state index contributed by atoms with van der Waals surface area (Å²) in [6.45, 7) is 2.13. The molecule has 0 saturated carbocycles. The highest BCUT2D eigenvalue weighted by Gasteiger charge is 2.19. The maximum Gasteiger partial charge on any atom is 0.252 e. The quantitative estimate of drug-likeness (QED) is 0.600. The van der Waals surface area contributed by atoms with Gasteiger partial charge in [0.05, 0.1) is 22.9 Å². The fourth-order valence-corrected chi connectivity index (χ4v) is 3.05. The Hall–Kier alpha value is -3.48. The van der Waals surface area contributed by atoms with Crippen LogP contribution in [0.1, 0.15) is 21.6 Å². The van der Waals surface area contributed by atoms with Gasteiger partial charge in [0.15, 0.2) is 11.4 Å². The summed E-state index contributed by atoms with van der Waals surface area (Å²) >= 11 is 0. The minimum atomic E-state index is -0.310. The summed E-state index contributed by atoms with van der Waals surface area (Å²) < 4.78 is 20.1. The highest BCUT2D eigenvalue weighted by atomic mass is 19.1. The maximum atomic E-state index is 13.0. The van der Waals surface area contributed by atoms with Gasteiger partial charge in [-0.25, -0.2) is 9.37 Å². The van der Waals surface area contributed by atoms with Crippen LogP contribution in [0.5, 0.6) is 0 Å². The van der Waals surface area contributed by atoms with Crippen LogP contribution in [-0.4, -0.2) is 20.7 Å². The molecule has 6 nitrogen and oxygen atoms in total. The molecule has 3 aromatic heterocycles. The topological polar surface area (TPSA) is 73.0 Å². The molecule has 0 aliphatic carbocycles. The Kier molecular flexibility index (Phi) is 4.19. The lowest BCUT2D eigenvalue weighted by atomic mass is 10.1. The molecular formula is C20H17FN4O2. The van der Waals surface area contributed by atoms with Gasteiger partial charge in [0.2, 0.25) is 0 Å². The molecule has 0 atom stereocenters. The number of carbonyl (C=O) groups is 1. The van der Waals surface area contributed by atoms with Crippen molar-refractivity contribution in [3.05, 3.63) is 71.4 Å². The monoisotopic (exact) mass is 364 g/mol. The Morgan fingerprint density at radius 3 is 2.74 bits per heavy atom. The van der Waals surface area contributed by atoms with Gasteiger partial charge in [-0.05, 0) is 42.8 Å². The third-order valence-corrected chi connectivity index (χ3v) is 4.35. The van der Waals surface area contributed by atoms with Crippen LogP contribution in [0.15, 0.2) is 53.1 Å². The minimum absolute atomic E-state index is 0.254. The number of carbonyl (C=O) groups excluding carboxylic acids is 1. The van der Waals surface area contributed by atoms with E-state index in [0.717, 1.165) is 11.3 Å². The molecule has 7 heteroatoms. The average molecular weight is 364 g/mol. The van der Waals surface area contributed by atoms with Crippen LogP contribution in [0, 0.1) is 12.7 Å². The van der Waals surface area contributed by atoms with Crippen LogP contribution < -0.4 is 5.32 Å². The van der Waals surface area contributed by atoms with E-state index in [1.165, 1.54) is 12.1 Å². The summed E-state index contributed by atoms with van der Waals surface area (Å²) in [6, 6.07) is 11.3. The number of halogens is 1. The van der Waals surface area contributed by atoms with Crippen LogP contribution in [-0.2, 0) is 13.6 Å². The van der Waals surface area contributed by atoms with Crippen molar-refractivity contribution in [2.45, 2.75) is 13.5 Å². The van der Waals surface area contributed by atoms with E-state index in [9.17, 15) is 9.18 Å². The number of furan rings is 1. The molecule has 1 amide bonds. The van der Waals surface area contributed by atoms with Crippen LogP contribution in [0.3, 0.4) is 0 Å². The van der Waals surface area contributed by atoms with Gasteiger partial charge in [0, 0.05) is 13.6 Å². The molecule has 1 aromatic carbocycles. The number of hydrogen-bond donors (Lipinski definition) is 1. The van der Waals surface area contributed by atoms with E-state index in [0.29, 0.717) is 34.6 Å². The van der Waals surface area contributed by atoms with E-state index in [-0.39, 0.29) is 11.7 Å². The molecule has 4 aromatic rings. The van der Waals surface area contributed by atoms with Gasteiger partial charge < -0.3 is 9.73 Å². The second kappa shape index (κ2) is 6.68. The number of aromatic nitrogens is 3. The van der Waals surface area contributed by atoms with Gasteiger partial charge in [0.1, 0.15) is 11.5 Å². The molecule has 0 aliphatic rings. The summed E-state index contributed by atoms with van der Waals surface area (Å²) in [5.74, 6) is 0.00830. The predicted octanol–water partition coefficient (Wildman–Crippen LogP) is 3.61. The van der Waals surface area contributed by atoms with Crippen molar-refractivity contribution in [3.63, 3.8) is 0 Å². The molecule has 0 unspecified atom stereocenters. The van der Waals surface area contributed by atoms with Crippen molar-refractivity contribution in [2.24, 2.45) is 7.05 Å². The zero-order chi connectivity index (χ0) is 19.0. The van der Waals surface area contributed by atoms with Gasteiger partial charge in [-0.3, -0.25) is 9.48 Å². The third-order valence-electron chi connectivity index (χ3n) is 4.35. The molecule has 0 saturated heterocycles. The Balaban J connectivity index is 1.72. The summed E-state index contributed by atoms with van der Waals surface area (Å²) in [6.07, 6.45) is 1.56. The molecule has 0 spiro atoms. The van der Waals surface area contributed by atoms with E-state index in [2.05, 4.69) is 15.4 Å². The van der Waals surface area contributed by atoms with Crippen LogP contribution in [0.4, 0.5) is 4.39 Å². The zero-order valence-corrected chi connectivity index (χ0v) is 14.9. The molecule has 3 heterocycles. The molecule has 0 aliphatic heterocycles. The number of aryl methyl sites for hydroxylation is 2. The lowest BCUT2D eigenvalue weighted by molar-refractivity contribution is 0.0952. The van der Waals surface area contributed by atoms with E-state index >= 15 is 0 Å². The molecule has 0 radical (unpaired) electrons. The summed E-state index contributed by atoms with van der Waals surface area (Å²) in [5, 5.41) is 7.96. The third kappa shape index (κ3) is 3.19. The van der Waals surface area contributed by atoms with E-state index in [4.69, 9.17) is 4.42 Å². The number of benzene rings is 1. The molecule has 0 fully saturated rings. The number of amides is 1. The summed E-state index contributed by atoms with van der Waals surface area (Å²) in [5.41, 5.74) is 3.16. The standard InChI is InChI=1S/C20H17FN4O2/c1-12-18-15(20(26)22-11-13-5-7-14(21)8-6-13)10-16(17-4-3-9-27-17)23-19(18)25(2)24-12/h3-10H,11H2,1-2H3,(H,22,26). The first-order chi connectivity index (χ1) is 13.0. The van der Waals surface area contributed by atoms with Gasteiger partial charge >= 0.3 is 0 Å². The maximum absolute atomic E-state index is 13.0. The average Bonchev–Trinajstić information content (AvgIpc) is 3.29. The van der Waals surface area contributed by atoms with Crippen molar-refractivity contribution < 1.29 is 13.6 Å².